The van der Waals surface area contributed by atoms with Gasteiger partial charge in [0.1, 0.15) is 0 Å². The summed E-state index contributed by atoms with van der Waals surface area (Å²) in [6.07, 6.45) is 0. The van der Waals surface area contributed by atoms with Crippen molar-refractivity contribution in [3.63, 3.8) is 0 Å². The van der Waals surface area contributed by atoms with Gasteiger partial charge in [-0.25, -0.2) is 0 Å². The van der Waals surface area contributed by atoms with Crippen LogP contribution in [0.15, 0.2) is 0 Å². The molecule has 0 aromatic rings. The first-order chi connectivity index (χ1) is 5.29. The maximum Gasteiger partial charge on any atom is 2.00 e. The van der Waals surface area contributed by atoms with E-state index in [0.29, 0.717) is 0 Å². The molecule has 0 bridgehead atoms. The van der Waals surface area contributed by atoms with Gasteiger partial charge in [-0.15, -0.1) is 0 Å². The van der Waals surface area contributed by atoms with Gasteiger partial charge in [0.25, 0.3) is 0 Å². The largest absolute Gasteiger partial charge is 2.00 e. The van der Waals surface area contributed by atoms with E-state index in [9.17, 15) is 19.8 Å². The van der Waals surface area contributed by atoms with Gasteiger partial charge in [0.05, 0.1) is 11.9 Å². The van der Waals surface area contributed by atoms with E-state index >= 15 is 0 Å². The molecule has 6 nitrogen and oxygen atoms in total. The zero-order valence-electron chi connectivity index (χ0n) is 7.26. The molecule has 0 saturated heterocycles. The molecule has 0 fully saturated rings. The molecule has 0 amide bonds. The summed E-state index contributed by atoms with van der Waals surface area (Å²) in [6.45, 7) is 2.71. The average Bonchev–Trinajstić information content (AvgIpc) is 1.88. The Morgan fingerprint density at radius 2 is 1.08 bits per heavy atom. The van der Waals surface area contributed by atoms with E-state index in [2.05, 4.69) is 0 Å². The molecule has 7 heteroatoms. The molecule has 0 spiro atoms. The first-order valence-electron chi connectivity index (χ1n) is 3.22. The van der Waals surface area contributed by atoms with Gasteiger partial charge in [0, 0.05) is 12.1 Å². The van der Waals surface area contributed by atoms with E-state index in [4.69, 9.17) is 11.5 Å². The van der Waals surface area contributed by atoms with Gasteiger partial charge in [-0.1, -0.05) is 0 Å². The Morgan fingerprint density at radius 3 is 1.08 bits per heavy atom. The van der Waals surface area contributed by atoms with E-state index in [1.807, 2.05) is 0 Å². The minimum absolute atomic E-state index is 0. The maximum atomic E-state index is 9.46. The number of aliphatic carboxylic acids is 2. The molecular formula is C6H12N2NiO4. The molecule has 0 saturated carbocycles. The third-order valence-electron chi connectivity index (χ3n) is 0.744. The van der Waals surface area contributed by atoms with Crippen LogP contribution in [0.3, 0.4) is 0 Å². The van der Waals surface area contributed by atoms with Crippen molar-refractivity contribution in [1.82, 2.24) is 0 Å². The first kappa shape index (κ1) is 18.2. The van der Waals surface area contributed by atoms with Crippen molar-refractivity contribution in [1.29, 1.82) is 0 Å². The Labute approximate surface area is 86.2 Å². The van der Waals surface area contributed by atoms with E-state index in [-0.39, 0.29) is 16.5 Å². The van der Waals surface area contributed by atoms with Gasteiger partial charge in [-0.05, 0) is 13.8 Å². The standard InChI is InChI=1S/2C3H7NO2.Ni/c2*1-2(4)3(5)6;/h2*2H,4H2,1H3,(H,5,6);/q;;+2/p-2. The number of carbonyl (C=O) groups is 2. The average molecular weight is 235 g/mol. The number of hydrogen-bond donors (Lipinski definition) is 2. The number of nitrogens with two attached hydrogens (primary N) is 2. The van der Waals surface area contributed by atoms with Gasteiger partial charge < -0.3 is 31.3 Å². The van der Waals surface area contributed by atoms with Crippen LogP contribution in [0.4, 0.5) is 0 Å². The van der Waals surface area contributed by atoms with Crippen molar-refractivity contribution in [2.24, 2.45) is 11.5 Å². The molecule has 2 atom stereocenters. The SMILES string of the molecule is CC(N)C(=O)[O-].CC(N)C(=O)[O-].[Ni+2]. The molecule has 0 aromatic heterocycles. The minimum Gasteiger partial charge on any atom is -0.548 e. The molecule has 0 aliphatic carbocycles. The Morgan fingerprint density at radius 1 is 1.00 bits per heavy atom. The van der Waals surface area contributed by atoms with E-state index in [1.165, 1.54) is 13.8 Å². The van der Waals surface area contributed by atoms with Crippen LogP contribution in [-0.2, 0) is 26.1 Å². The molecule has 0 radical (unpaired) electrons. The number of carboxylic acids is 2. The Hall–Kier alpha value is -0.646. The Kier molecular flexibility index (Phi) is 13.2. The molecule has 80 valence electrons. The van der Waals surface area contributed by atoms with Crippen molar-refractivity contribution >= 4 is 11.9 Å². The summed E-state index contributed by atoms with van der Waals surface area (Å²) >= 11 is 0. The molecule has 0 aromatic carbocycles. The second-order valence-electron chi connectivity index (χ2n) is 2.22. The summed E-state index contributed by atoms with van der Waals surface area (Å²) in [5.41, 5.74) is 9.55. The predicted octanol–water partition coefficient (Wildman–Crippen LogP) is -3.84. The third kappa shape index (κ3) is 18.4. The zero-order chi connectivity index (χ0) is 10.3. The monoisotopic (exact) mass is 234 g/mol. The number of hydrogen-bond acceptors (Lipinski definition) is 6. The van der Waals surface area contributed by atoms with E-state index in [1.54, 1.807) is 0 Å². The van der Waals surface area contributed by atoms with Crippen molar-refractivity contribution in [2.45, 2.75) is 25.9 Å². The molecular weight excluding hydrogens is 223 g/mol. The summed E-state index contributed by atoms with van der Waals surface area (Å²) in [5.74, 6) is -2.43. The third-order valence-corrected chi connectivity index (χ3v) is 0.744. The Balaban J connectivity index is -0.000000143. The van der Waals surface area contributed by atoms with Gasteiger partial charge in [-0.2, -0.15) is 0 Å². The van der Waals surface area contributed by atoms with Gasteiger partial charge in [0.2, 0.25) is 0 Å². The van der Waals surface area contributed by atoms with E-state index < -0.39 is 24.0 Å². The van der Waals surface area contributed by atoms with Gasteiger partial charge in [-0.3, -0.25) is 0 Å². The smallest absolute Gasteiger partial charge is 0.548 e. The maximum absolute atomic E-state index is 9.46. The molecule has 0 aliphatic heterocycles. The van der Waals surface area contributed by atoms with Crippen LogP contribution >= 0.6 is 0 Å². The number of rotatable bonds is 2. The van der Waals surface area contributed by atoms with Crippen molar-refractivity contribution in [3.05, 3.63) is 0 Å². The summed E-state index contributed by atoms with van der Waals surface area (Å²) in [6, 6.07) is -1.69. The number of carboxylic acid groups (broad SMARTS) is 2. The van der Waals surface area contributed by atoms with Crippen LogP contribution < -0.4 is 21.7 Å². The molecule has 2 unspecified atom stereocenters. The van der Waals surface area contributed by atoms with Crippen molar-refractivity contribution in [2.75, 3.05) is 0 Å². The van der Waals surface area contributed by atoms with Crippen molar-refractivity contribution < 1.29 is 36.3 Å². The quantitative estimate of drug-likeness (QED) is 0.471. The zero-order valence-corrected chi connectivity index (χ0v) is 8.25. The second kappa shape index (κ2) is 9.44. The Bertz CT molecular complexity index is 143. The van der Waals surface area contributed by atoms with Crippen molar-refractivity contribution in [3.8, 4) is 0 Å². The van der Waals surface area contributed by atoms with Crippen LogP contribution in [0.5, 0.6) is 0 Å². The fraction of sp³-hybridized carbons (Fsp3) is 0.667. The van der Waals surface area contributed by atoms with Crippen LogP contribution in [-0.4, -0.2) is 24.0 Å². The summed E-state index contributed by atoms with van der Waals surface area (Å²) in [5, 5.41) is 18.9. The topological polar surface area (TPSA) is 132 Å². The summed E-state index contributed by atoms with van der Waals surface area (Å²) < 4.78 is 0. The van der Waals surface area contributed by atoms with Crippen LogP contribution in [0.1, 0.15) is 13.8 Å². The molecule has 13 heavy (non-hydrogen) atoms. The summed E-state index contributed by atoms with van der Waals surface area (Å²) in [7, 11) is 0. The van der Waals surface area contributed by atoms with Crippen LogP contribution in [0, 0.1) is 0 Å². The fourth-order valence-corrected chi connectivity index (χ4v) is 0. The fourth-order valence-electron chi connectivity index (χ4n) is 0. The minimum atomic E-state index is -1.21. The predicted molar refractivity (Wildman–Crippen MR) is 37.3 cm³/mol. The molecule has 0 aliphatic rings. The van der Waals surface area contributed by atoms with Crippen LogP contribution in [0.25, 0.3) is 0 Å². The first-order valence-corrected chi connectivity index (χ1v) is 3.22. The summed E-state index contributed by atoms with van der Waals surface area (Å²) in [4.78, 5) is 18.9. The molecule has 0 rings (SSSR count). The van der Waals surface area contributed by atoms with Crippen LogP contribution in [0.2, 0.25) is 0 Å². The molecule has 4 N–H and O–H groups in total. The number of carbonyl (C=O) groups excluding carboxylic acids is 2. The van der Waals surface area contributed by atoms with E-state index in [0.717, 1.165) is 0 Å². The second-order valence-corrected chi connectivity index (χ2v) is 2.22. The normalized spacial score (nSPS) is 12.6. The molecule has 0 heterocycles. The van der Waals surface area contributed by atoms with Gasteiger partial charge >= 0.3 is 16.5 Å². The van der Waals surface area contributed by atoms with Gasteiger partial charge in [0.15, 0.2) is 0 Å².